The third-order valence-corrected chi connectivity index (χ3v) is 2.55. The zero-order valence-corrected chi connectivity index (χ0v) is 9.76. The number of nitrogens with one attached hydrogen (secondary N) is 1. The lowest BCUT2D eigenvalue weighted by atomic mass is 10.0. The van der Waals surface area contributed by atoms with Gasteiger partial charge in [-0.2, -0.15) is 0 Å². The Bertz CT molecular complexity index is 186. The van der Waals surface area contributed by atoms with Crippen LogP contribution < -0.4 is 5.32 Å². The zero-order chi connectivity index (χ0) is 11.2. The van der Waals surface area contributed by atoms with E-state index in [0.717, 1.165) is 0 Å². The van der Waals surface area contributed by atoms with Crippen molar-refractivity contribution in [1.82, 2.24) is 10.2 Å². The highest BCUT2D eigenvalue weighted by Gasteiger charge is 2.23. The lowest BCUT2D eigenvalue weighted by molar-refractivity contribution is -0.119. The van der Waals surface area contributed by atoms with Crippen LogP contribution in [-0.2, 0) is 4.79 Å². The molecule has 0 saturated carbocycles. The van der Waals surface area contributed by atoms with Gasteiger partial charge >= 0.3 is 0 Å². The molecule has 0 spiro atoms. The van der Waals surface area contributed by atoms with Crippen molar-refractivity contribution in [3.05, 3.63) is 0 Å². The number of carbonyl (C=O) groups is 1. The van der Waals surface area contributed by atoms with E-state index in [4.69, 9.17) is 16.7 Å². The summed E-state index contributed by atoms with van der Waals surface area (Å²) in [5.74, 6) is -0.183. The lowest BCUT2D eigenvalue weighted by Crippen LogP contribution is -2.50. The van der Waals surface area contributed by atoms with Crippen LogP contribution in [0.2, 0.25) is 0 Å². The van der Waals surface area contributed by atoms with Gasteiger partial charge in [0.25, 0.3) is 0 Å². The molecular formula is C9H19ClN2O2. The summed E-state index contributed by atoms with van der Waals surface area (Å²) in [6.45, 7) is 5.22. The van der Waals surface area contributed by atoms with Gasteiger partial charge in [0.1, 0.15) is 5.88 Å². The van der Waals surface area contributed by atoms with E-state index in [2.05, 4.69) is 5.32 Å². The summed E-state index contributed by atoms with van der Waals surface area (Å²) in [6, 6.07) is 0. The second-order valence-corrected chi connectivity index (χ2v) is 4.14. The molecule has 0 aliphatic carbocycles. The number of amides is 1. The van der Waals surface area contributed by atoms with Crippen LogP contribution in [0.5, 0.6) is 0 Å². The largest absolute Gasteiger partial charge is 0.395 e. The molecule has 5 heteroatoms. The number of β-amino-alcohol motifs (C(OH)–C–C–N with tert-alkyl or cyclic N) is 1. The van der Waals surface area contributed by atoms with Crippen molar-refractivity contribution in [2.75, 3.05) is 32.6 Å². The number of hydrogen-bond donors (Lipinski definition) is 2. The van der Waals surface area contributed by atoms with Crippen molar-refractivity contribution in [3.8, 4) is 0 Å². The molecular weight excluding hydrogens is 204 g/mol. The van der Waals surface area contributed by atoms with Gasteiger partial charge in [0.05, 0.1) is 6.61 Å². The fraction of sp³-hybridized carbons (Fsp3) is 0.889. The lowest BCUT2D eigenvalue weighted by Gasteiger charge is -2.35. The van der Waals surface area contributed by atoms with Crippen LogP contribution in [-0.4, -0.2) is 54.1 Å². The maximum absolute atomic E-state index is 10.9. The highest BCUT2D eigenvalue weighted by Crippen LogP contribution is 2.09. The van der Waals surface area contributed by atoms with E-state index in [9.17, 15) is 4.79 Å². The Morgan fingerprint density at radius 3 is 2.57 bits per heavy atom. The number of aliphatic hydroxyl groups is 1. The van der Waals surface area contributed by atoms with E-state index in [1.165, 1.54) is 0 Å². The van der Waals surface area contributed by atoms with E-state index in [1.54, 1.807) is 0 Å². The molecule has 0 aromatic heterocycles. The standard InChI is InChI=1S/C9H19ClN2O2/c1-9(2,12(3)4-5-13)7-11-8(14)6-10/h13H,4-7H2,1-3H3,(H,11,14). The minimum absolute atomic E-state index is 0.0141. The molecule has 0 saturated heterocycles. The summed E-state index contributed by atoms with van der Waals surface area (Å²) in [6.07, 6.45) is 0. The van der Waals surface area contributed by atoms with Gasteiger partial charge in [-0.25, -0.2) is 0 Å². The SMILES string of the molecule is CN(CCO)C(C)(C)CNC(=O)CCl. The molecule has 4 nitrogen and oxygen atoms in total. The van der Waals surface area contributed by atoms with Crippen molar-refractivity contribution in [2.45, 2.75) is 19.4 Å². The second kappa shape index (κ2) is 6.22. The van der Waals surface area contributed by atoms with Crippen LogP contribution in [0.1, 0.15) is 13.8 Å². The van der Waals surface area contributed by atoms with E-state index in [-0.39, 0.29) is 23.9 Å². The maximum Gasteiger partial charge on any atom is 0.234 e. The molecule has 0 aromatic rings. The topological polar surface area (TPSA) is 52.6 Å². The van der Waals surface area contributed by atoms with Gasteiger partial charge in [-0.1, -0.05) is 0 Å². The zero-order valence-electron chi connectivity index (χ0n) is 9.01. The van der Waals surface area contributed by atoms with Gasteiger partial charge in [-0.05, 0) is 20.9 Å². The van der Waals surface area contributed by atoms with E-state index in [0.29, 0.717) is 13.1 Å². The van der Waals surface area contributed by atoms with Crippen molar-refractivity contribution >= 4 is 17.5 Å². The molecule has 0 aliphatic heterocycles. The minimum Gasteiger partial charge on any atom is -0.395 e. The number of halogens is 1. The van der Waals surface area contributed by atoms with Gasteiger partial charge in [0, 0.05) is 18.6 Å². The molecule has 14 heavy (non-hydrogen) atoms. The minimum atomic E-state index is -0.176. The molecule has 0 aromatic carbocycles. The Morgan fingerprint density at radius 2 is 2.14 bits per heavy atom. The highest BCUT2D eigenvalue weighted by atomic mass is 35.5. The number of alkyl halides is 1. The number of carbonyl (C=O) groups excluding carboxylic acids is 1. The molecule has 0 unspecified atom stereocenters. The molecule has 0 aliphatic rings. The molecule has 1 amide bonds. The Balaban J connectivity index is 3.99. The van der Waals surface area contributed by atoms with Crippen LogP contribution in [0.15, 0.2) is 0 Å². The van der Waals surface area contributed by atoms with Gasteiger partial charge in [0.2, 0.25) is 5.91 Å². The summed E-state index contributed by atoms with van der Waals surface area (Å²) in [5.41, 5.74) is -0.176. The van der Waals surface area contributed by atoms with Crippen LogP contribution in [0.25, 0.3) is 0 Å². The number of rotatable bonds is 6. The van der Waals surface area contributed by atoms with Crippen LogP contribution in [0.4, 0.5) is 0 Å². The normalized spacial score (nSPS) is 11.9. The average molecular weight is 223 g/mol. The first-order valence-electron chi connectivity index (χ1n) is 4.59. The molecule has 2 N–H and O–H groups in total. The number of nitrogens with zero attached hydrogens (tertiary/aromatic N) is 1. The third kappa shape index (κ3) is 4.79. The first-order chi connectivity index (χ1) is 6.44. The Morgan fingerprint density at radius 1 is 1.57 bits per heavy atom. The smallest absolute Gasteiger partial charge is 0.234 e. The Hall–Kier alpha value is -0.320. The highest BCUT2D eigenvalue weighted by molar-refractivity contribution is 6.27. The van der Waals surface area contributed by atoms with Crippen LogP contribution in [0.3, 0.4) is 0 Å². The molecule has 0 atom stereocenters. The summed E-state index contributed by atoms with van der Waals surface area (Å²) in [5, 5.41) is 11.5. The molecule has 84 valence electrons. The summed E-state index contributed by atoms with van der Waals surface area (Å²) in [7, 11) is 1.91. The first-order valence-corrected chi connectivity index (χ1v) is 5.12. The summed E-state index contributed by atoms with van der Waals surface area (Å²) >= 11 is 5.36. The van der Waals surface area contributed by atoms with Gasteiger partial charge in [-0.3, -0.25) is 9.69 Å². The quantitative estimate of drug-likeness (QED) is 0.625. The fourth-order valence-corrected chi connectivity index (χ4v) is 1.04. The van der Waals surface area contributed by atoms with Gasteiger partial charge in [0.15, 0.2) is 0 Å². The van der Waals surface area contributed by atoms with E-state index < -0.39 is 0 Å². The predicted molar refractivity (Wildman–Crippen MR) is 57.5 cm³/mol. The van der Waals surface area contributed by atoms with Crippen molar-refractivity contribution in [2.24, 2.45) is 0 Å². The Kier molecular flexibility index (Phi) is 6.08. The van der Waals surface area contributed by atoms with Crippen molar-refractivity contribution < 1.29 is 9.90 Å². The second-order valence-electron chi connectivity index (χ2n) is 3.87. The third-order valence-electron chi connectivity index (χ3n) is 2.31. The molecule has 0 rings (SSSR count). The molecule has 0 radical (unpaired) electrons. The predicted octanol–water partition coefficient (Wildman–Crippen LogP) is 0.0441. The fourth-order valence-electron chi connectivity index (χ4n) is 0.950. The van der Waals surface area contributed by atoms with Gasteiger partial charge in [-0.15, -0.1) is 11.6 Å². The monoisotopic (exact) mass is 222 g/mol. The van der Waals surface area contributed by atoms with Crippen molar-refractivity contribution in [3.63, 3.8) is 0 Å². The van der Waals surface area contributed by atoms with E-state index >= 15 is 0 Å². The first kappa shape index (κ1) is 13.7. The average Bonchev–Trinajstić information content (AvgIpc) is 2.14. The van der Waals surface area contributed by atoms with Crippen molar-refractivity contribution in [1.29, 1.82) is 0 Å². The summed E-state index contributed by atoms with van der Waals surface area (Å²) in [4.78, 5) is 12.9. The number of aliphatic hydroxyl groups excluding tert-OH is 1. The number of hydrogen-bond acceptors (Lipinski definition) is 3. The van der Waals surface area contributed by atoms with E-state index in [1.807, 2.05) is 25.8 Å². The Labute approximate surface area is 90.2 Å². The summed E-state index contributed by atoms with van der Waals surface area (Å²) < 4.78 is 0. The molecule has 0 bridgehead atoms. The number of likely N-dealkylation sites (N-methyl/N-ethyl adjacent to an activating group) is 1. The molecule has 0 heterocycles. The van der Waals surface area contributed by atoms with Crippen LogP contribution in [0, 0.1) is 0 Å². The van der Waals surface area contributed by atoms with Gasteiger partial charge < -0.3 is 10.4 Å². The maximum atomic E-state index is 10.9. The molecule has 0 fully saturated rings. The van der Waals surface area contributed by atoms with Crippen LogP contribution >= 0.6 is 11.6 Å².